The topological polar surface area (TPSA) is 46.6 Å². The average Bonchev–Trinajstić information content (AvgIpc) is 2.78. The molecule has 22 heavy (non-hydrogen) atoms. The Balaban J connectivity index is 1.63. The van der Waals surface area contributed by atoms with E-state index in [2.05, 4.69) is 6.92 Å². The molecule has 0 aliphatic carbocycles. The Morgan fingerprint density at radius 3 is 2.09 bits per heavy atom. The van der Waals surface area contributed by atoms with Gasteiger partial charge in [0, 0.05) is 19.8 Å². The van der Waals surface area contributed by atoms with Gasteiger partial charge in [0.05, 0.1) is 11.1 Å². The maximum atomic E-state index is 12.2. The number of hydrogen-bond donors (Lipinski definition) is 0. The average molecular weight is 303 g/mol. The Hall–Kier alpha value is -1.68. The zero-order chi connectivity index (χ0) is 15.8. The molecule has 0 unspecified atom stereocenters. The maximum Gasteiger partial charge on any atom is 0.261 e. The molecule has 1 aromatic rings. The van der Waals surface area contributed by atoms with Crippen molar-refractivity contribution in [1.29, 1.82) is 0 Å². The molecule has 4 heteroatoms. The number of ether oxygens (including phenoxy) is 1. The molecule has 0 fully saturated rings. The first-order chi connectivity index (χ1) is 10.8. The summed E-state index contributed by atoms with van der Waals surface area (Å²) in [6.07, 6.45) is 6.35. The third-order valence-electron chi connectivity index (χ3n) is 3.90. The summed E-state index contributed by atoms with van der Waals surface area (Å²) in [5.74, 6) is -0.290. The van der Waals surface area contributed by atoms with Gasteiger partial charge in [0.1, 0.15) is 0 Å². The fourth-order valence-corrected chi connectivity index (χ4v) is 2.69. The van der Waals surface area contributed by atoms with E-state index >= 15 is 0 Å². The fourth-order valence-electron chi connectivity index (χ4n) is 2.69. The van der Waals surface area contributed by atoms with Gasteiger partial charge in [-0.15, -0.1) is 0 Å². The monoisotopic (exact) mass is 303 g/mol. The normalized spacial score (nSPS) is 13.8. The van der Waals surface area contributed by atoms with Crippen molar-refractivity contribution in [2.24, 2.45) is 0 Å². The largest absolute Gasteiger partial charge is 0.381 e. The number of nitrogens with zero attached hydrogens (tertiary/aromatic N) is 1. The number of fused-ring (bicyclic) bond motifs is 1. The molecular formula is C18H25NO3. The Kier molecular flexibility index (Phi) is 6.59. The molecule has 0 atom stereocenters. The lowest BCUT2D eigenvalue weighted by Crippen LogP contribution is -2.30. The summed E-state index contributed by atoms with van der Waals surface area (Å²) in [4.78, 5) is 25.7. The lowest BCUT2D eigenvalue weighted by Gasteiger charge is -2.13. The number of hydrogen-bond acceptors (Lipinski definition) is 3. The van der Waals surface area contributed by atoms with E-state index in [1.807, 2.05) is 0 Å². The van der Waals surface area contributed by atoms with Crippen molar-refractivity contribution in [3.63, 3.8) is 0 Å². The number of imide groups is 1. The summed E-state index contributed by atoms with van der Waals surface area (Å²) in [6, 6.07) is 7.06. The maximum absolute atomic E-state index is 12.2. The van der Waals surface area contributed by atoms with Crippen LogP contribution in [0.15, 0.2) is 24.3 Å². The number of benzene rings is 1. The lowest BCUT2D eigenvalue weighted by atomic mass is 10.1. The summed E-state index contributed by atoms with van der Waals surface area (Å²) in [5, 5.41) is 0. The van der Waals surface area contributed by atoms with Crippen LogP contribution in [0.1, 0.15) is 66.2 Å². The van der Waals surface area contributed by atoms with Crippen LogP contribution < -0.4 is 0 Å². The zero-order valence-corrected chi connectivity index (χ0v) is 13.3. The number of carbonyl (C=O) groups excluding carboxylic acids is 2. The highest BCUT2D eigenvalue weighted by atomic mass is 16.5. The third-order valence-corrected chi connectivity index (χ3v) is 3.90. The number of carbonyl (C=O) groups is 2. The molecule has 1 aromatic carbocycles. The van der Waals surface area contributed by atoms with E-state index in [1.54, 1.807) is 24.3 Å². The summed E-state index contributed by atoms with van der Waals surface area (Å²) in [7, 11) is 0. The van der Waals surface area contributed by atoms with Gasteiger partial charge < -0.3 is 4.74 Å². The molecular weight excluding hydrogens is 278 g/mol. The number of unbranched alkanes of at least 4 members (excludes halogenated alkanes) is 4. The zero-order valence-electron chi connectivity index (χ0n) is 13.3. The number of amides is 2. The predicted octanol–water partition coefficient (Wildman–Crippen LogP) is 3.66. The Labute approximate surface area is 132 Å². The second-order valence-electron chi connectivity index (χ2n) is 5.69. The van der Waals surface area contributed by atoms with E-state index in [-0.39, 0.29) is 11.8 Å². The van der Waals surface area contributed by atoms with Gasteiger partial charge >= 0.3 is 0 Å². The summed E-state index contributed by atoms with van der Waals surface area (Å²) in [6.45, 7) is 4.32. The van der Waals surface area contributed by atoms with Crippen molar-refractivity contribution in [3.8, 4) is 0 Å². The highest BCUT2D eigenvalue weighted by molar-refractivity contribution is 6.21. The summed E-state index contributed by atoms with van der Waals surface area (Å²) in [5.41, 5.74) is 1.08. The van der Waals surface area contributed by atoms with Crippen LogP contribution in [0.5, 0.6) is 0 Å². The van der Waals surface area contributed by atoms with E-state index in [9.17, 15) is 9.59 Å². The fraction of sp³-hybridized carbons (Fsp3) is 0.556. The van der Waals surface area contributed by atoms with Gasteiger partial charge in [0.15, 0.2) is 0 Å². The Morgan fingerprint density at radius 2 is 1.45 bits per heavy atom. The number of rotatable bonds is 10. The molecule has 0 bridgehead atoms. The Morgan fingerprint density at radius 1 is 0.864 bits per heavy atom. The molecule has 4 nitrogen and oxygen atoms in total. The summed E-state index contributed by atoms with van der Waals surface area (Å²) >= 11 is 0. The van der Waals surface area contributed by atoms with Crippen molar-refractivity contribution in [2.45, 2.75) is 45.4 Å². The van der Waals surface area contributed by atoms with Crippen molar-refractivity contribution in [1.82, 2.24) is 4.90 Å². The molecule has 2 amide bonds. The molecule has 0 spiro atoms. The van der Waals surface area contributed by atoms with Gasteiger partial charge in [-0.1, -0.05) is 38.3 Å². The van der Waals surface area contributed by atoms with Crippen LogP contribution in [0, 0.1) is 0 Å². The summed E-state index contributed by atoms with van der Waals surface area (Å²) < 4.78 is 5.44. The van der Waals surface area contributed by atoms with E-state index in [0.29, 0.717) is 17.7 Å². The molecule has 1 heterocycles. The quantitative estimate of drug-likeness (QED) is 0.489. The minimum Gasteiger partial charge on any atom is -0.381 e. The van der Waals surface area contributed by atoms with Crippen molar-refractivity contribution in [2.75, 3.05) is 19.8 Å². The molecule has 0 saturated carbocycles. The van der Waals surface area contributed by atoms with Crippen molar-refractivity contribution < 1.29 is 14.3 Å². The predicted molar refractivity (Wildman–Crippen MR) is 86.0 cm³/mol. The first kappa shape index (κ1) is 16.7. The molecule has 0 saturated heterocycles. The molecule has 2 rings (SSSR count). The van der Waals surface area contributed by atoms with Crippen LogP contribution in [-0.4, -0.2) is 36.5 Å². The highest BCUT2D eigenvalue weighted by Crippen LogP contribution is 2.22. The first-order valence-corrected chi connectivity index (χ1v) is 8.28. The van der Waals surface area contributed by atoms with Gasteiger partial charge in [-0.2, -0.15) is 0 Å². The molecule has 0 N–H and O–H groups in total. The molecule has 0 radical (unpaired) electrons. The van der Waals surface area contributed by atoms with Gasteiger partial charge in [-0.25, -0.2) is 0 Å². The van der Waals surface area contributed by atoms with Crippen molar-refractivity contribution >= 4 is 11.8 Å². The second kappa shape index (κ2) is 8.69. The van der Waals surface area contributed by atoms with Gasteiger partial charge in [-0.05, 0) is 31.4 Å². The SMILES string of the molecule is CCCOCCCCCCCN1C(=O)c2ccccc2C1=O. The van der Waals surface area contributed by atoms with Crippen LogP contribution >= 0.6 is 0 Å². The van der Waals surface area contributed by atoms with Crippen molar-refractivity contribution in [3.05, 3.63) is 35.4 Å². The van der Waals surface area contributed by atoms with Crippen LogP contribution in [0.2, 0.25) is 0 Å². The minimum atomic E-state index is -0.145. The second-order valence-corrected chi connectivity index (χ2v) is 5.69. The van der Waals surface area contributed by atoms with Gasteiger partial charge in [-0.3, -0.25) is 14.5 Å². The minimum absolute atomic E-state index is 0.145. The third kappa shape index (κ3) is 4.17. The van der Waals surface area contributed by atoms with Gasteiger partial charge in [0.2, 0.25) is 0 Å². The van der Waals surface area contributed by atoms with E-state index < -0.39 is 0 Å². The Bertz CT molecular complexity index is 478. The van der Waals surface area contributed by atoms with Crippen LogP contribution in [0.4, 0.5) is 0 Å². The molecule has 1 aliphatic rings. The first-order valence-electron chi connectivity index (χ1n) is 8.28. The van der Waals surface area contributed by atoms with Crippen LogP contribution in [0.25, 0.3) is 0 Å². The standard InChI is InChI=1S/C18H25NO3/c1-2-13-22-14-9-5-3-4-8-12-19-17(20)15-10-6-7-11-16(15)18(19)21/h6-7,10-11H,2-5,8-9,12-14H2,1H3. The molecule has 0 aromatic heterocycles. The van der Waals surface area contributed by atoms with E-state index in [0.717, 1.165) is 51.7 Å². The lowest BCUT2D eigenvalue weighted by molar-refractivity contribution is 0.0651. The van der Waals surface area contributed by atoms with E-state index in [1.165, 1.54) is 4.90 Å². The van der Waals surface area contributed by atoms with Gasteiger partial charge in [0.25, 0.3) is 11.8 Å². The molecule has 120 valence electrons. The molecule has 1 aliphatic heterocycles. The highest BCUT2D eigenvalue weighted by Gasteiger charge is 2.34. The smallest absolute Gasteiger partial charge is 0.261 e. The van der Waals surface area contributed by atoms with Crippen LogP contribution in [0.3, 0.4) is 0 Å². The van der Waals surface area contributed by atoms with Crippen LogP contribution in [-0.2, 0) is 4.74 Å². The van der Waals surface area contributed by atoms with E-state index in [4.69, 9.17) is 4.74 Å².